The highest BCUT2D eigenvalue weighted by molar-refractivity contribution is 6.03. The Morgan fingerprint density at radius 3 is 2.74 bits per heavy atom. The Labute approximate surface area is 179 Å². The summed E-state index contributed by atoms with van der Waals surface area (Å²) in [6.45, 7) is 4.46. The van der Waals surface area contributed by atoms with Crippen molar-refractivity contribution in [1.29, 1.82) is 0 Å². The number of hydrogen-bond acceptors (Lipinski definition) is 7. The number of hydrogen-bond donors (Lipinski definition) is 3. The lowest BCUT2D eigenvalue weighted by Crippen LogP contribution is -2.44. The molecule has 0 aliphatic carbocycles. The lowest BCUT2D eigenvalue weighted by molar-refractivity contribution is -0.117. The Hall–Kier alpha value is -3.53. The van der Waals surface area contributed by atoms with E-state index in [4.69, 9.17) is 5.73 Å². The molecular formula is C21H25FN8O. The summed E-state index contributed by atoms with van der Waals surface area (Å²) in [4.78, 5) is 22.9. The number of benzene rings is 1. The van der Waals surface area contributed by atoms with Crippen LogP contribution >= 0.6 is 0 Å². The van der Waals surface area contributed by atoms with Gasteiger partial charge in [0.15, 0.2) is 5.82 Å². The number of halogens is 1. The number of aryl methyl sites for hydroxylation is 1. The molecule has 9 nitrogen and oxygen atoms in total. The number of aromatic nitrogens is 4. The molecule has 0 bridgehead atoms. The first-order valence-corrected chi connectivity index (χ1v) is 10.0. The van der Waals surface area contributed by atoms with Gasteiger partial charge in [-0.05, 0) is 31.5 Å². The summed E-state index contributed by atoms with van der Waals surface area (Å²) in [5.41, 5.74) is 9.08. The Morgan fingerprint density at radius 2 is 2.03 bits per heavy atom. The molecule has 1 aliphatic heterocycles. The summed E-state index contributed by atoms with van der Waals surface area (Å²) in [5, 5.41) is 10.5. The van der Waals surface area contributed by atoms with E-state index in [-0.39, 0.29) is 23.8 Å². The minimum Gasteiger partial charge on any atom is -0.350 e. The number of carbonyl (C=O) groups excluding carboxylic acids is 1. The van der Waals surface area contributed by atoms with Crippen LogP contribution in [-0.2, 0) is 11.3 Å². The van der Waals surface area contributed by atoms with Crippen molar-refractivity contribution in [3.05, 3.63) is 59.3 Å². The number of nitrogens with one attached hydrogen (secondary N) is 2. The van der Waals surface area contributed by atoms with Crippen LogP contribution in [-0.4, -0.2) is 45.3 Å². The summed E-state index contributed by atoms with van der Waals surface area (Å²) in [5.74, 6) is 0.778. The highest BCUT2D eigenvalue weighted by atomic mass is 19.1. The van der Waals surface area contributed by atoms with Gasteiger partial charge in [-0.3, -0.25) is 9.48 Å². The SMILES string of the molecule is Cc1nc(NCc2cnn([C@@H](CN)c3ccc(F)cc3)c2)nc2c1NC(=O)[C@H](C)N2C. The molecule has 3 heterocycles. The quantitative estimate of drug-likeness (QED) is 0.555. The number of amides is 1. The molecule has 162 valence electrons. The van der Waals surface area contributed by atoms with E-state index in [1.807, 2.05) is 32.0 Å². The van der Waals surface area contributed by atoms with Crippen LogP contribution in [0.1, 0.15) is 29.8 Å². The standard InChI is InChI=1S/C21H25FN8O/c1-12-18-19(29(3)13(2)20(31)27-18)28-21(26-12)24-9-14-10-25-30(11-14)17(8-23)15-4-6-16(22)7-5-15/h4-7,10-11,13,17H,8-9,23H2,1-3H3,(H,27,31)(H,24,26,28)/t13-,17-/m0/s1. The zero-order valence-corrected chi connectivity index (χ0v) is 17.6. The van der Waals surface area contributed by atoms with Gasteiger partial charge in [0.2, 0.25) is 11.9 Å². The number of likely N-dealkylation sites (N-methyl/N-ethyl adjacent to an activating group) is 1. The number of nitrogens with two attached hydrogens (primary N) is 1. The van der Waals surface area contributed by atoms with Gasteiger partial charge in [0, 0.05) is 31.9 Å². The third-order valence-corrected chi connectivity index (χ3v) is 5.52. The van der Waals surface area contributed by atoms with Crippen molar-refractivity contribution in [2.75, 3.05) is 29.1 Å². The molecule has 4 N–H and O–H groups in total. The molecule has 2 atom stereocenters. The van der Waals surface area contributed by atoms with E-state index in [0.29, 0.717) is 36.2 Å². The van der Waals surface area contributed by atoms with Crippen molar-refractivity contribution >= 4 is 23.4 Å². The van der Waals surface area contributed by atoms with Crippen LogP contribution in [0.4, 0.5) is 21.8 Å². The van der Waals surface area contributed by atoms with Gasteiger partial charge in [-0.25, -0.2) is 9.37 Å². The van der Waals surface area contributed by atoms with Gasteiger partial charge < -0.3 is 21.3 Å². The van der Waals surface area contributed by atoms with Crippen LogP contribution in [0.15, 0.2) is 36.7 Å². The minimum absolute atomic E-state index is 0.0783. The maximum Gasteiger partial charge on any atom is 0.246 e. The highest BCUT2D eigenvalue weighted by Gasteiger charge is 2.30. The fourth-order valence-electron chi connectivity index (χ4n) is 3.53. The number of anilines is 3. The third-order valence-electron chi connectivity index (χ3n) is 5.52. The van der Waals surface area contributed by atoms with Crippen molar-refractivity contribution in [2.24, 2.45) is 5.73 Å². The Kier molecular flexibility index (Phi) is 5.55. The predicted octanol–water partition coefficient (Wildman–Crippen LogP) is 2.06. The largest absolute Gasteiger partial charge is 0.350 e. The monoisotopic (exact) mass is 424 g/mol. The summed E-state index contributed by atoms with van der Waals surface area (Å²) in [6.07, 6.45) is 3.65. The Morgan fingerprint density at radius 1 is 1.29 bits per heavy atom. The molecule has 1 amide bonds. The lowest BCUT2D eigenvalue weighted by Gasteiger charge is -2.32. The van der Waals surface area contributed by atoms with E-state index < -0.39 is 0 Å². The summed E-state index contributed by atoms with van der Waals surface area (Å²) in [7, 11) is 1.84. The van der Waals surface area contributed by atoms with E-state index in [1.54, 1.807) is 23.0 Å². The third kappa shape index (κ3) is 4.06. The van der Waals surface area contributed by atoms with Gasteiger partial charge in [-0.2, -0.15) is 10.1 Å². The maximum atomic E-state index is 13.2. The van der Waals surface area contributed by atoms with Crippen LogP contribution in [0.3, 0.4) is 0 Å². The number of nitrogens with zero attached hydrogens (tertiary/aromatic N) is 5. The van der Waals surface area contributed by atoms with Gasteiger partial charge >= 0.3 is 0 Å². The average molecular weight is 424 g/mol. The molecule has 1 aromatic carbocycles. The Balaban J connectivity index is 1.49. The van der Waals surface area contributed by atoms with Crippen LogP contribution in [0.5, 0.6) is 0 Å². The number of carbonyl (C=O) groups is 1. The second-order valence-electron chi connectivity index (χ2n) is 7.59. The summed E-state index contributed by atoms with van der Waals surface area (Å²) >= 11 is 0. The van der Waals surface area contributed by atoms with Crippen LogP contribution < -0.4 is 21.3 Å². The Bertz CT molecular complexity index is 1100. The second-order valence-corrected chi connectivity index (χ2v) is 7.59. The lowest BCUT2D eigenvalue weighted by atomic mass is 10.1. The molecule has 2 aromatic heterocycles. The molecule has 31 heavy (non-hydrogen) atoms. The van der Waals surface area contributed by atoms with Crippen LogP contribution in [0.25, 0.3) is 0 Å². The minimum atomic E-state index is -0.312. The zero-order chi connectivity index (χ0) is 22.1. The maximum absolute atomic E-state index is 13.2. The number of fused-ring (bicyclic) bond motifs is 1. The highest BCUT2D eigenvalue weighted by Crippen LogP contribution is 2.32. The van der Waals surface area contributed by atoms with E-state index >= 15 is 0 Å². The topological polar surface area (TPSA) is 114 Å². The molecule has 3 aromatic rings. The van der Waals surface area contributed by atoms with E-state index in [1.165, 1.54) is 12.1 Å². The van der Waals surface area contributed by atoms with E-state index in [2.05, 4.69) is 25.7 Å². The van der Waals surface area contributed by atoms with Crippen molar-refractivity contribution in [1.82, 2.24) is 19.7 Å². The first kappa shape index (κ1) is 20.7. The molecule has 1 aliphatic rings. The predicted molar refractivity (Wildman–Crippen MR) is 116 cm³/mol. The molecule has 0 unspecified atom stereocenters. The van der Waals surface area contributed by atoms with Gasteiger partial charge in [0.1, 0.15) is 17.5 Å². The molecule has 0 saturated heterocycles. The molecule has 10 heteroatoms. The smallest absolute Gasteiger partial charge is 0.246 e. The van der Waals surface area contributed by atoms with Gasteiger partial charge in [0.25, 0.3) is 0 Å². The fraction of sp³-hybridized carbons (Fsp3) is 0.333. The van der Waals surface area contributed by atoms with Gasteiger partial charge in [-0.1, -0.05) is 12.1 Å². The molecular weight excluding hydrogens is 399 g/mol. The fourth-order valence-corrected chi connectivity index (χ4v) is 3.53. The van der Waals surface area contributed by atoms with Gasteiger partial charge in [-0.15, -0.1) is 0 Å². The van der Waals surface area contributed by atoms with Crippen molar-refractivity contribution in [3.8, 4) is 0 Å². The first-order valence-electron chi connectivity index (χ1n) is 10.0. The molecule has 0 spiro atoms. The molecule has 0 saturated carbocycles. The molecule has 4 rings (SSSR count). The van der Waals surface area contributed by atoms with Crippen LogP contribution in [0, 0.1) is 12.7 Å². The molecule has 0 fully saturated rings. The molecule has 0 radical (unpaired) electrons. The zero-order valence-electron chi connectivity index (χ0n) is 17.6. The van der Waals surface area contributed by atoms with Gasteiger partial charge in [0.05, 0.1) is 17.9 Å². The normalized spacial score (nSPS) is 16.6. The number of rotatable bonds is 6. The van der Waals surface area contributed by atoms with E-state index in [0.717, 1.165) is 11.1 Å². The summed E-state index contributed by atoms with van der Waals surface area (Å²) < 4.78 is 15.0. The average Bonchev–Trinajstić information content (AvgIpc) is 3.22. The van der Waals surface area contributed by atoms with Crippen molar-refractivity contribution in [3.63, 3.8) is 0 Å². The second kappa shape index (κ2) is 8.31. The first-order chi connectivity index (χ1) is 14.9. The van der Waals surface area contributed by atoms with Crippen molar-refractivity contribution in [2.45, 2.75) is 32.5 Å². The van der Waals surface area contributed by atoms with Crippen LogP contribution in [0.2, 0.25) is 0 Å². The van der Waals surface area contributed by atoms with Crippen molar-refractivity contribution < 1.29 is 9.18 Å². The summed E-state index contributed by atoms with van der Waals surface area (Å²) in [6, 6.07) is 5.77. The van der Waals surface area contributed by atoms with E-state index in [9.17, 15) is 9.18 Å².